The van der Waals surface area contributed by atoms with Crippen LogP contribution in [0.5, 0.6) is 0 Å². The molecule has 1 saturated carbocycles. The molecule has 0 radical (unpaired) electrons. The molecule has 4 rings (SSSR count). The van der Waals surface area contributed by atoms with Gasteiger partial charge >= 0.3 is 0 Å². The molecule has 2 saturated heterocycles. The van der Waals surface area contributed by atoms with E-state index in [4.69, 9.17) is 4.99 Å². The second kappa shape index (κ2) is 11.0. The number of benzene rings is 1. The first kappa shape index (κ1) is 22.8. The van der Waals surface area contributed by atoms with Gasteiger partial charge in [-0.3, -0.25) is 9.89 Å². The van der Waals surface area contributed by atoms with Crippen molar-refractivity contribution in [3.05, 3.63) is 35.9 Å². The predicted molar refractivity (Wildman–Crippen MR) is 130 cm³/mol. The number of aliphatic hydroxyl groups is 1. The highest BCUT2D eigenvalue weighted by molar-refractivity contribution is 14.0. The van der Waals surface area contributed by atoms with Gasteiger partial charge in [0.2, 0.25) is 0 Å². The normalized spacial score (nSPS) is 32.1. The van der Waals surface area contributed by atoms with E-state index in [-0.39, 0.29) is 30.1 Å². The van der Waals surface area contributed by atoms with Crippen LogP contribution in [0.25, 0.3) is 0 Å². The number of nitrogens with zero attached hydrogens (tertiary/aromatic N) is 2. The van der Waals surface area contributed by atoms with E-state index in [0.29, 0.717) is 24.0 Å². The van der Waals surface area contributed by atoms with Crippen LogP contribution in [0, 0.1) is 5.92 Å². The summed E-state index contributed by atoms with van der Waals surface area (Å²) < 4.78 is 0. The summed E-state index contributed by atoms with van der Waals surface area (Å²) in [7, 11) is 0. The van der Waals surface area contributed by atoms with E-state index in [1.807, 2.05) is 0 Å². The first-order chi connectivity index (χ1) is 13.7. The molecule has 3 N–H and O–H groups in total. The van der Waals surface area contributed by atoms with Gasteiger partial charge in [-0.15, -0.1) is 24.0 Å². The Labute approximate surface area is 192 Å². The monoisotopic (exact) mass is 512 g/mol. The van der Waals surface area contributed by atoms with Crippen molar-refractivity contribution in [3.63, 3.8) is 0 Å². The van der Waals surface area contributed by atoms with Gasteiger partial charge in [0.25, 0.3) is 0 Å². The number of fused-ring (bicyclic) bond motifs is 2. The van der Waals surface area contributed by atoms with Crippen molar-refractivity contribution in [2.45, 2.75) is 82.6 Å². The van der Waals surface area contributed by atoms with Crippen LogP contribution in [0.2, 0.25) is 0 Å². The van der Waals surface area contributed by atoms with Crippen LogP contribution in [-0.4, -0.2) is 53.3 Å². The zero-order valence-electron chi connectivity index (χ0n) is 17.6. The molecule has 1 aromatic carbocycles. The van der Waals surface area contributed by atoms with Crippen LogP contribution >= 0.6 is 24.0 Å². The maximum absolute atomic E-state index is 10.1. The number of halogens is 1. The lowest BCUT2D eigenvalue weighted by atomic mass is 9.96. The minimum absolute atomic E-state index is 0. The molecule has 0 amide bonds. The van der Waals surface area contributed by atoms with Gasteiger partial charge in [0.1, 0.15) is 0 Å². The number of hydrogen-bond acceptors (Lipinski definition) is 3. The second-order valence-corrected chi connectivity index (χ2v) is 8.83. The lowest BCUT2D eigenvalue weighted by Gasteiger charge is -2.39. The van der Waals surface area contributed by atoms with Crippen LogP contribution in [0.1, 0.15) is 57.4 Å². The molecule has 29 heavy (non-hydrogen) atoms. The molecule has 162 valence electrons. The Balaban J connectivity index is 0.00000240. The molecule has 3 fully saturated rings. The molecule has 3 aliphatic rings. The number of aliphatic imine (C=N–C) groups is 1. The Hall–Kier alpha value is -0.860. The summed E-state index contributed by atoms with van der Waals surface area (Å²) >= 11 is 0. The number of aliphatic hydroxyl groups excluding tert-OH is 1. The summed E-state index contributed by atoms with van der Waals surface area (Å²) in [6, 6.07) is 12.7. The number of nitrogens with one attached hydrogen (secondary N) is 2. The van der Waals surface area contributed by atoms with Gasteiger partial charge in [0.05, 0.1) is 6.10 Å². The van der Waals surface area contributed by atoms with E-state index in [1.54, 1.807) is 0 Å². The molecule has 1 aromatic rings. The predicted octanol–water partition coefficient (Wildman–Crippen LogP) is 3.52. The van der Waals surface area contributed by atoms with E-state index >= 15 is 0 Å². The first-order valence-corrected chi connectivity index (χ1v) is 11.3. The molecule has 0 spiro atoms. The molecule has 4 unspecified atom stereocenters. The van der Waals surface area contributed by atoms with Crippen molar-refractivity contribution in [1.29, 1.82) is 0 Å². The van der Waals surface area contributed by atoms with Crippen LogP contribution in [0.3, 0.4) is 0 Å². The Morgan fingerprint density at radius 1 is 1.10 bits per heavy atom. The lowest BCUT2D eigenvalue weighted by Crippen LogP contribution is -2.52. The highest BCUT2D eigenvalue weighted by Crippen LogP contribution is 2.36. The fourth-order valence-corrected chi connectivity index (χ4v) is 5.40. The average molecular weight is 512 g/mol. The van der Waals surface area contributed by atoms with Crippen LogP contribution in [0.4, 0.5) is 0 Å². The van der Waals surface area contributed by atoms with Gasteiger partial charge in [-0.2, -0.15) is 0 Å². The molecule has 2 bridgehead atoms. The van der Waals surface area contributed by atoms with E-state index in [0.717, 1.165) is 44.9 Å². The first-order valence-electron chi connectivity index (χ1n) is 11.3. The van der Waals surface area contributed by atoms with Crippen molar-refractivity contribution >= 4 is 29.9 Å². The molecular weight excluding hydrogens is 475 g/mol. The van der Waals surface area contributed by atoms with Gasteiger partial charge < -0.3 is 15.7 Å². The summed E-state index contributed by atoms with van der Waals surface area (Å²) in [5.74, 6) is 1.27. The van der Waals surface area contributed by atoms with Gasteiger partial charge in [0, 0.05) is 43.7 Å². The fourth-order valence-electron chi connectivity index (χ4n) is 5.40. The SMILES string of the molecule is CCNC(=NCC1CCCC1O)NC1CC2CCC(C1)N2Cc1ccccc1.I. The molecular formula is C23H37IN4O. The third-order valence-electron chi connectivity index (χ3n) is 6.88. The third kappa shape index (κ3) is 5.85. The zero-order valence-corrected chi connectivity index (χ0v) is 19.9. The highest BCUT2D eigenvalue weighted by Gasteiger charge is 2.40. The zero-order chi connectivity index (χ0) is 19.3. The summed E-state index contributed by atoms with van der Waals surface area (Å²) in [5.41, 5.74) is 1.43. The standard InChI is InChI=1S/C23H36N4O.HI/c1-2-24-23(25-15-18-9-6-10-22(18)28)26-19-13-20-11-12-21(14-19)27(20)16-17-7-4-3-5-8-17;/h3-5,7-8,18-22,28H,2,6,9-16H2,1H3,(H2,24,25,26);1H. The van der Waals surface area contributed by atoms with Crippen molar-refractivity contribution in [1.82, 2.24) is 15.5 Å². The number of guanidine groups is 1. The molecule has 0 aromatic heterocycles. The molecule has 5 nitrogen and oxygen atoms in total. The molecule has 4 atom stereocenters. The Bertz CT molecular complexity index is 642. The molecule has 2 heterocycles. The quantitative estimate of drug-likeness (QED) is 0.310. The van der Waals surface area contributed by atoms with E-state index < -0.39 is 0 Å². The lowest BCUT2D eigenvalue weighted by molar-refractivity contribution is 0.114. The number of rotatable bonds is 6. The topological polar surface area (TPSA) is 59.9 Å². The van der Waals surface area contributed by atoms with Crippen molar-refractivity contribution in [3.8, 4) is 0 Å². The smallest absolute Gasteiger partial charge is 0.191 e. The third-order valence-corrected chi connectivity index (χ3v) is 6.88. The fraction of sp³-hybridized carbons (Fsp3) is 0.696. The van der Waals surface area contributed by atoms with Gasteiger partial charge in [-0.05, 0) is 51.0 Å². The Kier molecular flexibility index (Phi) is 8.62. The average Bonchev–Trinajstić information content (AvgIpc) is 3.20. The van der Waals surface area contributed by atoms with E-state index in [1.165, 1.54) is 31.2 Å². The number of hydrogen-bond donors (Lipinski definition) is 3. The summed E-state index contributed by atoms with van der Waals surface area (Å²) in [5, 5.41) is 17.2. The largest absolute Gasteiger partial charge is 0.393 e. The van der Waals surface area contributed by atoms with E-state index in [2.05, 4.69) is 52.8 Å². The Morgan fingerprint density at radius 3 is 2.45 bits per heavy atom. The van der Waals surface area contributed by atoms with Gasteiger partial charge in [-0.1, -0.05) is 36.8 Å². The molecule has 1 aliphatic carbocycles. The van der Waals surface area contributed by atoms with Crippen molar-refractivity contribution in [2.75, 3.05) is 13.1 Å². The number of piperidine rings is 1. The van der Waals surface area contributed by atoms with Crippen LogP contribution < -0.4 is 10.6 Å². The van der Waals surface area contributed by atoms with Gasteiger partial charge in [-0.25, -0.2) is 0 Å². The summed E-state index contributed by atoms with van der Waals surface area (Å²) in [4.78, 5) is 7.55. The van der Waals surface area contributed by atoms with Crippen molar-refractivity contribution < 1.29 is 5.11 Å². The maximum Gasteiger partial charge on any atom is 0.191 e. The minimum atomic E-state index is -0.163. The van der Waals surface area contributed by atoms with Crippen LogP contribution in [0.15, 0.2) is 35.3 Å². The Morgan fingerprint density at radius 2 is 1.83 bits per heavy atom. The van der Waals surface area contributed by atoms with Crippen molar-refractivity contribution in [2.24, 2.45) is 10.9 Å². The minimum Gasteiger partial charge on any atom is -0.393 e. The van der Waals surface area contributed by atoms with Crippen LogP contribution in [-0.2, 0) is 6.54 Å². The molecule has 6 heteroatoms. The summed E-state index contributed by atoms with van der Waals surface area (Å²) in [6.07, 6.45) is 8.03. The highest BCUT2D eigenvalue weighted by atomic mass is 127. The van der Waals surface area contributed by atoms with E-state index in [9.17, 15) is 5.11 Å². The second-order valence-electron chi connectivity index (χ2n) is 8.83. The maximum atomic E-state index is 10.1. The summed E-state index contributed by atoms with van der Waals surface area (Å²) in [6.45, 7) is 4.80. The molecule has 2 aliphatic heterocycles. The van der Waals surface area contributed by atoms with Gasteiger partial charge in [0.15, 0.2) is 5.96 Å².